The summed E-state index contributed by atoms with van der Waals surface area (Å²) in [5.41, 5.74) is 0.741. The van der Waals surface area contributed by atoms with Gasteiger partial charge in [0.2, 0.25) is 0 Å². The summed E-state index contributed by atoms with van der Waals surface area (Å²) in [4.78, 5) is 35.1. The normalized spacial score (nSPS) is 17.2. The molecule has 1 aliphatic heterocycles. The number of carbonyl (C=O) groups excluding carboxylic acids is 3. The van der Waals surface area contributed by atoms with E-state index >= 15 is 0 Å². The molecule has 1 unspecified atom stereocenters. The van der Waals surface area contributed by atoms with Crippen LogP contribution in [-0.2, 0) is 19.1 Å². The molecule has 0 saturated heterocycles. The van der Waals surface area contributed by atoms with Gasteiger partial charge in [0.15, 0.2) is 0 Å². The molecule has 18 heavy (non-hydrogen) atoms. The van der Waals surface area contributed by atoms with Crippen LogP contribution in [0.5, 0.6) is 0 Å². The second-order valence-electron chi connectivity index (χ2n) is 3.96. The molecule has 0 saturated carbocycles. The minimum absolute atomic E-state index is 0.198. The molecule has 0 spiro atoms. The molecule has 6 nitrogen and oxygen atoms in total. The lowest BCUT2D eigenvalue weighted by Gasteiger charge is -2.18. The second-order valence-corrected chi connectivity index (χ2v) is 3.96. The van der Waals surface area contributed by atoms with Crippen LogP contribution in [0.25, 0.3) is 0 Å². The third-order valence-electron chi connectivity index (χ3n) is 2.67. The van der Waals surface area contributed by atoms with Crippen molar-refractivity contribution < 1.29 is 24.2 Å². The number of aliphatic hydroxyl groups excluding tert-OH is 1. The van der Waals surface area contributed by atoms with Crippen LogP contribution in [0.15, 0.2) is 23.8 Å². The Morgan fingerprint density at radius 2 is 1.89 bits per heavy atom. The number of esters is 1. The van der Waals surface area contributed by atoms with E-state index in [0.29, 0.717) is 11.1 Å². The molecule has 1 N–H and O–H groups in total. The van der Waals surface area contributed by atoms with Crippen LogP contribution in [0.1, 0.15) is 13.8 Å². The van der Waals surface area contributed by atoms with Gasteiger partial charge in [-0.25, -0.2) is 4.79 Å². The highest BCUT2D eigenvalue weighted by Crippen LogP contribution is 2.19. The van der Waals surface area contributed by atoms with Gasteiger partial charge in [0.1, 0.15) is 12.7 Å². The van der Waals surface area contributed by atoms with E-state index in [4.69, 9.17) is 0 Å². The van der Waals surface area contributed by atoms with Crippen molar-refractivity contribution in [3.05, 3.63) is 23.8 Å². The number of β-amino-alcohol motifs (C(OH)–C–C–N with tert-alkyl or cyclic N) is 1. The van der Waals surface area contributed by atoms with E-state index in [9.17, 15) is 19.5 Å². The molecule has 1 rings (SSSR count). The number of hydrogen-bond acceptors (Lipinski definition) is 5. The molecule has 0 aromatic heterocycles. The summed E-state index contributed by atoms with van der Waals surface area (Å²) < 4.78 is 4.62. The Morgan fingerprint density at radius 1 is 1.39 bits per heavy atom. The summed E-state index contributed by atoms with van der Waals surface area (Å²) in [7, 11) is 0. The van der Waals surface area contributed by atoms with Gasteiger partial charge in [0.05, 0.1) is 6.54 Å². The van der Waals surface area contributed by atoms with Crippen LogP contribution in [-0.4, -0.2) is 47.0 Å². The zero-order valence-electron chi connectivity index (χ0n) is 10.3. The molecule has 1 heterocycles. The number of hydrogen-bond donors (Lipinski definition) is 1. The average Bonchev–Trinajstić information content (AvgIpc) is 2.53. The highest BCUT2D eigenvalue weighted by molar-refractivity contribution is 6.18. The van der Waals surface area contributed by atoms with Crippen LogP contribution in [0.2, 0.25) is 0 Å². The van der Waals surface area contributed by atoms with Gasteiger partial charge in [-0.1, -0.05) is 6.58 Å². The molecule has 0 bridgehead atoms. The molecule has 0 radical (unpaired) electrons. The van der Waals surface area contributed by atoms with Crippen LogP contribution < -0.4 is 0 Å². The molecular formula is C12H15NO5. The van der Waals surface area contributed by atoms with Gasteiger partial charge in [0, 0.05) is 17.2 Å². The molecule has 0 aromatic rings. The highest BCUT2D eigenvalue weighted by atomic mass is 16.5. The summed E-state index contributed by atoms with van der Waals surface area (Å²) in [6.45, 7) is 5.83. The first kappa shape index (κ1) is 14.1. The van der Waals surface area contributed by atoms with Gasteiger partial charge in [-0.15, -0.1) is 0 Å². The number of imide groups is 1. The smallest absolute Gasteiger partial charge is 0.330 e. The summed E-state index contributed by atoms with van der Waals surface area (Å²) in [5, 5.41) is 9.59. The van der Waals surface area contributed by atoms with Crippen LogP contribution in [0.3, 0.4) is 0 Å². The molecule has 0 fully saturated rings. The molecule has 1 atom stereocenters. The Morgan fingerprint density at radius 3 is 2.33 bits per heavy atom. The standard InChI is InChI=1S/C12H15NO5/c1-4-10(15)18-6-9(14)5-13-11(16)7(2)8(3)12(13)17/h4,9,14H,1,5-6H2,2-3H3. The fourth-order valence-electron chi connectivity index (χ4n) is 1.48. The maximum absolute atomic E-state index is 11.7. The lowest BCUT2D eigenvalue weighted by atomic mass is 10.2. The summed E-state index contributed by atoms with van der Waals surface area (Å²) in [5.74, 6) is -1.52. The van der Waals surface area contributed by atoms with Crippen molar-refractivity contribution in [1.82, 2.24) is 4.90 Å². The predicted molar refractivity (Wildman–Crippen MR) is 62.3 cm³/mol. The van der Waals surface area contributed by atoms with E-state index in [0.717, 1.165) is 11.0 Å². The second kappa shape index (κ2) is 5.59. The quantitative estimate of drug-likeness (QED) is 0.416. The monoisotopic (exact) mass is 253 g/mol. The highest BCUT2D eigenvalue weighted by Gasteiger charge is 2.34. The fourth-order valence-corrected chi connectivity index (χ4v) is 1.48. The lowest BCUT2D eigenvalue weighted by molar-refractivity contribution is -0.143. The average molecular weight is 253 g/mol. The lowest BCUT2D eigenvalue weighted by Crippen LogP contribution is -2.40. The van der Waals surface area contributed by atoms with Crippen LogP contribution in [0.4, 0.5) is 0 Å². The predicted octanol–water partition coefficient (Wildman–Crippen LogP) is -0.218. The molecule has 2 amide bonds. The molecule has 0 aromatic carbocycles. The van der Waals surface area contributed by atoms with E-state index in [1.165, 1.54) is 0 Å². The van der Waals surface area contributed by atoms with E-state index in [2.05, 4.69) is 11.3 Å². The van der Waals surface area contributed by atoms with Crippen molar-refractivity contribution >= 4 is 17.8 Å². The van der Waals surface area contributed by atoms with Gasteiger partial charge < -0.3 is 9.84 Å². The fraction of sp³-hybridized carbons (Fsp3) is 0.417. The van der Waals surface area contributed by atoms with Gasteiger partial charge in [-0.05, 0) is 13.8 Å². The van der Waals surface area contributed by atoms with Gasteiger partial charge >= 0.3 is 5.97 Å². The number of rotatable bonds is 5. The zero-order valence-corrected chi connectivity index (χ0v) is 10.3. The maximum atomic E-state index is 11.7. The number of nitrogens with zero attached hydrogens (tertiary/aromatic N) is 1. The molecular weight excluding hydrogens is 238 g/mol. The minimum Gasteiger partial charge on any atom is -0.460 e. The van der Waals surface area contributed by atoms with Crippen molar-refractivity contribution in [3.8, 4) is 0 Å². The Balaban J connectivity index is 2.54. The van der Waals surface area contributed by atoms with E-state index < -0.39 is 23.9 Å². The third-order valence-corrected chi connectivity index (χ3v) is 2.67. The van der Waals surface area contributed by atoms with Crippen LogP contribution in [0, 0.1) is 0 Å². The van der Waals surface area contributed by atoms with E-state index in [1.54, 1.807) is 13.8 Å². The van der Waals surface area contributed by atoms with Crippen LogP contribution >= 0.6 is 0 Å². The van der Waals surface area contributed by atoms with Gasteiger partial charge in [-0.2, -0.15) is 0 Å². The minimum atomic E-state index is -1.11. The van der Waals surface area contributed by atoms with Crippen molar-refractivity contribution in [3.63, 3.8) is 0 Å². The molecule has 98 valence electrons. The SMILES string of the molecule is C=CC(=O)OCC(O)CN1C(=O)C(C)=C(C)C1=O. The summed E-state index contributed by atoms with van der Waals surface area (Å²) in [6.07, 6.45) is -0.144. The first-order chi connectivity index (χ1) is 8.38. The topological polar surface area (TPSA) is 83.9 Å². The summed E-state index contributed by atoms with van der Waals surface area (Å²) >= 11 is 0. The largest absolute Gasteiger partial charge is 0.460 e. The van der Waals surface area contributed by atoms with Crippen molar-refractivity contribution in [2.45, 2.75) is 20.0 Å². The number of ether oxygens (including phenoxy) is 1. The first-order valence-electron chi connectivity index (χ1n) is 5.39. The molecule has 0 aliphatic carbocycles. The van der Waals surface area contributed by atoms with Crippen molar-refractivity contribution in [2.75, 3.05) is 13.2 Å². The van der Waals surface area contributed by atoms with Crippen molar-refractivity contribution in [1.29, 1.82) is 0 Å². The Bertz CT molecular complexity index is 414. The number of carbonyl (C=O) groups is 3. The molecule has 1 aliphatic rings. The van der Waals surface area contributed by atoms with Gasteiger partial charge in [-0.3, -0.25) is 14.5 Å². The Kier molecular flexibility index (Phi) is 4.38. The maximum Gasteiger partial charge on any atom is 0.330 e. The summed E-state index contributed by atoms with van der Waals surface area (Å²) in [6, 6.07) is 0. The number of amides is 2. The third kappa shape index (κ3) is 2.84. The zero-order chi connectivity index (χ0) is 13.9. The van der Waals surface area contributed by atoms with E-state index in [1.807, 2.05) is 0 Å². The Labute approximate surface area is 105 Å². The number of aliphatic hydroxyl groups is 1. The van der Waals surface area contributed by atoms with E-state index in [-0.39, 0.29) is 13.2 Å². The first-order valence-corrected chi connectivity index (χ1v) is 5.39. The van der Waals surface area contributed by atoms with Crippen molar-refractivity contribution in [2.24, 2.45) is 0 Å². The Hall–Kier alpha value is -1.95. The molecule has 6 heteroatoms. The van der Waals surface area contributed by atoms with Gasteiger partial charge in [0.25, 0.3) is 11.8 Å².